The number of hydrogen-bond donors (Lipinski definition) is 2. The number of likely N-dealkylation sites (N-methyl/N-ethyl adjacent to an activating group) is 2. The fourth-order valence-electron chi connectivity index (χ4n) is 4.73. The highest BCUT2D eigenvalue weighted by molar-refractivity contribution is 7.89. The Labute approximate surface area is 198 Å². The molecule has 1 aliphatic rings. The predicted molar refractivity (Wildman–Crippen MR) is 133 cm³/mol. The molecule has 0 saturated carbocycles. The highest BCUT2D eigenvalue weighted by Crippen LogP contribution is 2.38. The number of benzene rings is 2. The van der Waals surface area contributed by atoms with Crippen LogP contribution in [-0.2, 0) is 16.6 Å². The van der Waals surface area contributed by atoms with Gasteiger partial charge in [-0.15, -0.1) is 11.3 Å². The molecule has 0 saturated heterocycles. The number of rotatable bonds is 8. The zero-order valence-electron chi connectivity index (χ0n) is 18.6. The molecular weight excluding hydrogens is 454 g/mol. The minimum Gasteiger partial charge on any atom is -0.374 e. The Bertz CT molecular complexity index is 1350. The van der Waals surface area contributed by atoms with Crippen LogP contribution in [0.4, 0.5) is 5.69 Å². The maximum atomic E-state index is 13.2. The Morgan fingerprint density at radius 2 is 2.12 bits per heavy atom. The predicted octanol–water partition coefficient (Wildman–Crippen LogP) is 3.64. The van der Waals surface area contributed by atoms with Crippen molar-refractivity contribution in [3.8, 4) is 0 Å². The van der Waals surface area contributed by atoms with Gasteiger partial charge in [0, 0.05) is 67.1 Å². The number of thiazole rings is 1. The lowest BCUT2D eigenvalue weighted by molar-refractivity contribution is 0.209. The molecule has 2 N–H and O–H groups in total. The average molecular weight is 482 g/mol. The van der Waals surface area contributed by atoms with E-state index in [4.69, 9.17) is 0 Å². The number of nitrogens with one attached hydrogen (secondary N) is 2. The van der Waals surface area contributed by atoms with Crippen molar-refractivity contribution in [2.75, 3.05) is 32.1 Å². The third-order valence-electron chi connectivity index (χ3n) is 6.46. The maximum absolute atomic E-state index is 13.2. The maximum Gasteiger partial charge on any atom is 0.240 e. The fraction of sp³-hybridized carbons (Fsp3) is 0.292. The largest absolute Gasteiger partial charge is 0.374 e. The van der Waals surface area contributed by atoms with Gasteiger partial charge in [0.25, 0.3) is 0 Å². The third kappa shape index (κ3) is 4.41. The summed E-state index contributed by atoms with van der Waals surface area (Å²) in [7, 11) is 0.492. The topological polar surface area (TPSA) is 81.3 Å². The number of anilines is 1. The van der Waals surface area contributed by atoms with Crippen molar-refractivity contribution < 1.29 is 8.42 Å². The summed E-state index contributed by atoms with van der Waals surface area (Å²) in [5.41, 5.74) is 5.10. The molecule has 172 valence electrons. The van der Waals surface area contributed by atoms with Crippen LogP contribution in [0.2, 0.25) is 0 Å². The van der Waals surface area contributed by atoms with Gasteiger partial charge in [0.1, 0.15) is 0 Å². The Balaban J connectivity index is 1.42. The minimum absolute atomic E-state index is 0.0257. The molecule has 1 aliphatic heterocycles. The lowest BCUT2D eigenvalue weighted by atomic mass is 9.92. The van der Waals surface area contributed by atoms with Crippen LogP contribution in [0.3, 0.4) is 0 Å². The van der Waals surface area contributed by atoms with E-state index >= 15 is 0 Å². The lowest BCUT2D eigenvalue weighted by Gasteiger charge is -2.33. The first-order valence-corrected chi connectivity index (χ1v) is 13.2. The van der Waals surface area contributed by atoms with E-state index in [1.807, 2.05) is 36.1 Å². The van der Waals surface area contributed by atoms with Crippen LogP contribution in [0.25, 0.3) is 10.9 Å². The smallest absolute Gasteiger partial charge is 0.240 e. The van der Waals surface area contributed by atoms with E-state index in [1.165, 1.54) is 11.3 Å². The van der Waals surface area contributed by atoms with Gasteiger partial charge < -0.3 is 9.88 Å². The Morgan fingerprint density at radius 3 is 2.94 bits per heavy atom. The van der Waals surface area contributed by atoms with Crippen LogP contribution in [0.5, 0.6) is 0 Å². The van der Waals surface area contributed by atoms with Gasteiger partial charge in [-0.25, -0.2) is 13.1 Å². The highest BCUT2D eigenvalue weighted by Gasteiger charge is 2.35. The molecule has 1 unspecified atom stereocenters. The number of para-hydroxylation sites is 1. The van der Waals surface area contributed by atoms with Crippen molar-refractivity contribution in [3.05, 3.63) is 76.9 Å². The monoisotopic (exact) mass is 481 g/mol. The first kappa shape index (κ1) is 22.1. The molecule has 0 amide bonds. The summed E-state index contributed by atoms with van der Waals surface area (Å²) in [4.78, 5) is 13.2. The number of sulfonamides is 1. The van der Waals surface area contributed by atoms with Crippen LogP contribution in [0.1, 0.15) is 16.4 Å². The van der Waals surface area contributed by atoms with Gasteiger partial charge in [0.15, 0.2) is 0 Å². The number of aromatic nitrogens is 2. The second-order valence-corrected chi connectivity index (χ2v) is 11.3. The highest BCUT2D eigenvalue weighted by atomic mass is 32.2. The minimum atomic E-state index is -3.66. The van der Waals surface area contributed by atoms with Gasteiger partial charge in [-0.3, -0.25) is 9.88 Å². The molecule has 0 spiro atoms. The molecule has 0 aliphatic carbocycles. The first-order valence-electron chi connectivity index (χ1n) is 10.9. The Kier molecular flexibility index (Phi) is 5.96. The molecule has 33 heavy (non-hydrogen) atoms. The zero-order chi connectivity index (χ0) is 23.0. The van der Waals surface area contributed by atoms with Gasteiger partial charge in [-0.1, -0.05) is 24.3 Å². The molecule has 3 heterocycles. The first-order chi connectivity index (χ1) is 15.9. The van der Waals surface area contributed by atoms with Gasteiger partial charge in [-0.2, -0.15) is 0 Å². The SMILES string of the molecule is CN1CC([C@H](CNS(=O)(=O)c2ccc3cc[nH]c3c2)N(C)Cc2cncs2)c2ccccc21. The molecule has 9 heteroatoms. The summed E-state index contributed by atoms with van der Waals surface area (Å²) in [5.74, 6) is 0.178. The normalized spacial score (nSPS) is 17.1. The van der Waals surface area contributed by atoms with Crippen LogP contribution in [0, 0.1) is 0 Å². The van der Waals surface area contributed by atoms with E-state index in [0.29, 0.717) is 13.1 Å². The van der Waals surface area contributed by atoms with E-state index in [2.05, 4.69) is 56.8 Å². The van der Waals surface area contributed by atoms with Gasteiger partial charge in [0.05, 0.1) is 10.4 Å². The number of H-pyrrole nitrogens is 1. The molecule has 5 rings (SSSR count). The molecule has 0 fully saturated rings. The molecule has 2 aromatic carbocycles. The third-order valence-corrected chi connectivity index (χ3v) is 8.64. The number of fused-ring (bicyclic) bond motifs is 2. The summed E-state index contributed by atoms with van der Waals surface area (Å²) < 4.78 is 29.3. The second kappa shape index (κ2) is 8.90. The average Bonchev–Trinajstić information content (AvgIpc) is 3.55. The molecule has 0 bridgehead atoms. The summed E-state index contributed by atoms with van der Waals surface area (Å²) >= 11 is 1.61. The number of aromatic amines is 1. The summed E-state index contributed by atoms with van der Waals surface area (Å²) in [6, 6.07) is 15.5. The Morgan fingerprint density at radius 1 is 1.27 bits per heavy atom. The molecular formula is C24H27N5O2S2. The van der Waals surface area contributed by atoms with Crippen molar-refractivity contribution in [2.45, 2.75) is 23.4 Å². The van der Waals surface area contributed by atoms with Crippen molar-refractivity contribution >= 4 is 38.0 Å². The Hall–Kier alpha value is -2.72. The zero-order valence-corrected chi connectivity index (χ0v) is 20.2. The van der Waals surface area contributed by atoms with E-state index in [-0.39, 0.29) is 16.9 Å². The van der Waals surface area contributed by atoms with Crippen LogP contribution < -0.4 is 9.62 Å². The molecule has 2 atom stereocenters. The van der Waals surface area contributed by atoms with Crippen molar-refractivity contribution in [3.63, 3.8) is 0 Å². The molecule has 0 radical (unpaired) electrons. The van der Waals surface area contributed by atoms with Crippen molar-refractivity contribution in [1.82, 2.24) is 19.6 Å². The van der Waals surface area contributed by atoms with Crippen LogP contribution in [-0.4, -0.2) is 56.5 Å². The second-order valence-electron chi connectivity index (χ2n) is 8.57. The standard InChI is InChI=1S/C24H27N5O2S2/c1-28(14-18-12-25-16-32-18)24(21-15-29(2)23-6-4-3-5-20(21)23)13-27-33(30,31)19-8-7-17-9-10-26-22(17)11-19/h3-12,16,21,24,26-27H,13-15H2,1-2H3/t21?,24-/m0/s1. The number of hydrogen-bond acceptors (Lipinski definition) is 6. The van der Waals surface area contributed by atoms with Gasteiger partial charge >= 0.3 is 0 Å². The quantitative estimate of drug-likeness (QED) is 0.402. The molecule has 2 aromatic heterocycles. The van der Waals surface area contributed by atoms with Gasteiger partial charge in [0.2, 0.25) is 10.0 Å². The van der Waals surface area contributed by atoms with E-state index in [0.717, 1.165) is 22.3 Å². The lowest BCUT2D eigenvalue weighted by Crippen LogP contribution is -2.46. The fourth-order valence-corrected chi connectivity index (χ4v) is 6.46. The van der Waals surface area contributed by atoms with Gasteiger partial charge in [-0.05, 0) is 42.3 Å². The molecule has 4 aromatic rings. The summed E-state index contributed by atoms with van der Waals surface area (Å²) in [6.45, 7) is 1.87. The van der Waals surface area contributed by atoms with E-state index < -0.39 is 10.0 Å². The summed E-state index contributed by atoms with van der Waals surface area (Å²) in [6.07, 6.45) is 3.69. The molecule has 7 nitrogen and oxygen atoms in total. The van der Waals surface area contributed by atoms with Crippen LogP contribution >= 0.6 is 11.3 Å². The summed E-state index contributed by atoms with van der Waals surface area (Å²) in [5, 5.41) is 0.988. The van der Waals surface area contributed by atoms with Crippen LogP contribution in [0.15, 0.2) is 71.3 Å². The number of nitrogens with zero attached hydrogens (tertiary/aromatic N) is 3. The van der Waals surface area contributed by atoms with E-state index in [1.54, 1.807) is 23.5 Å². The van der Waals surface area contributed by atoms with Crippen molar-refractivity contribution in [1.29, 1.82) is 0 Å². The van der Waals surface area contributed by atoms with Crippen molar-refractivity contribution in [2.24, 2.45) is 0 Å². The van der Waals surface area contributed by atoms with E-state index in [9.17, 15) is 8.42 Å².